The highest BCUT2D eigenvalue weighted by Gasteiger charge is 2.43. The molecule has 7 nitrogen and oxygen atoms in total. The molecule has 2 aliphatic rings. The van der Waals surface area contributed by atoms with Crippen molar-refractivity contribution in [2.45, 2.75) is 38.0 Å². The molecular weight excluding hydrogens is 408 g/mol. The molecule has 0 radical (unpaired) electrons. The lowest BCUT2D eigenvalue weighted by atomic mass is 9.95. The second-order valence-corrected chi connectivity index (χ2v) is 8.17. The summed E-state index contributed by atoms with van der Waals surface area (Å²) in [6.45, 7) is 1.66. The minimum absolute atomic E-state index is 0.0438. The smallest absolute Gasteiger partial charge is 0.254 e. The summed E-state index contributed by atoms with van der Waals surface area (Å²) in [7, 11) is 3.19. The van der Waals surface area contributed by atoms with Gasteiger partial charge in [0.1, 0.15) is 18.1 Å². The third-order valence-electron chi connectivity index (χ3n) is 6.22. The second kappa shape index (κ2) is 10.0. The van der Waals surface area contributed by atoms with Crippen molar-refractivity contribution >= 4 is 11.8 Å². The number of piperidine rings is 1. The van der Waals surface area contributed by atoms with Crippen LogP contribution in [0.5, 0.6) is 11.5 Å². The van der Waals surface area contributed by atoms with Gasteiger partial charge in [-0.2, -0.15) is 0 Å². The molecule has 2 aromatic carbocycles. The summed E-state index contributed by atoms with van der Waals surface area (Å²) < 4.78 is 16.7. The quantitative estimate of drug-likeness (QED) is 0.693. The van der Waals surface area contributed by atoms with Crippen molar-refractivity contribution in [2.75, 3.05) is 33.9 Å². The van der Waals surface area contributed by atoms with E-state index >= 15 is 0 Å². The molecule has 2 fully saturated rings. The van der Waals surface area contributed by atoms with E-state index in [9.17, 15) is 9.59 Å². The summed E-state index contributed by atoms with van der Waals surface area (Å²) in [5.74, 6) is 1.11. The molecule has 0 aromatic heterocycles. The summed E-state index contributed by atoms with van der Waals surface area (Å²) in [5.41, 5.74) is 1.72. The monoisotopic (exact) mass is 438 g/mol. The Labute approximate surface area is 188 Å². The normalized spacial score (nSPS) is 21.4. The van der Waals surface area contributed by atoms with Crippen LogP contribution in [0.1, 0.15) is 36.4 Å². The fraction of sp³-hybridized carbons (Fsp3) is 0.440. The Kier molecular flexibility index (Phi) is 6.95. The third-order valence-corrected chi connectivity index (χ3v) is 6.22. The zero-order valence-electron chi connectivity index (χ0n) is 18.7. The first-order chi connectivity index (χ1) is 15.6. The molecule has 2 saturated heterocycles. The van der Waals surface area contributed by atoms with Gasteiger partial charge >= 0.3 is 0 Å². The first-order valence-corrected chi connectivity index (χ1v) is 11.1. The highest BCUT2D eigenvalue weighted by Crippen LogP contribution is 2.35. The Morgan fingerprint density at radius 1 is 1.03 bits per heavy atom. The van der Waals surface area contributed by atoms with E-state index in [1.165, 1.54) is 0 Å². The van der Waals surface area contributed by atoms with Crippen molar-refractivity contribution in [1.82, 2.24) is 9.80 Å². The molecule has 0 unspecified atom stereocenters. The lowest BCUT2D eigenvalue weighted by molar-refractivity contribution is -0.170. The zero-order valence-corrected chi connectivity index (χ0v) is 18.7. The molecule has 2 atom stereocenters. The van der Waals surface area contributed by atoms with Crippen LogP contribution >= 0.6 is 0 Å². The van der Waals surface area contributed by atoms with Crippen LogP contribution in [0.2, 0.25) is 0 Å². The molecule has 0 aliphatic carbocycles. The van der Waals surface area contributed by atoms with Crippen LogP contribution in [0.4, 0.5) is 0 Å². The molecule has 2 aromatic rings. The van der Waals surface area contributed by atoms with Gasteiger partial charge in [-0.3, -0.25) is 9.59 Å². The third kappa shape index (κ3) is 4.58. The summed E-state index contributed by atoms with van der Waals surface area (Å²) >= 11 is 0. The van der Waals surface area contributed by atoms with Gasteiger partial charge in [-0.25, -0.2) is 0 Å². The second-order valence-electron chi connectivity index (χ2n) is 8.17. The minimum atomic E-state index is -0.738. The molecule has 2 heterocycles. The number of benzene rings is 2. The number of hydrogen-bond donors (Lipinski definition) is 0. The Hall–Kier alpha value is -3.06. The van der Waals surface area contributed by atoms with Crippen LogP contribution < -0.4 is 9.47 Å². The SMILES string of the molecule is COc1ccc(CN2C(=O)CO[C@@H](C(=O)N3CCCCC3)[C@@H]2c2ccccc2)c(OC)c1. The van der Waals surface area contributed by atoms with Crippen molar-refractivity contribution in [1.29, 1.82) is 0 Å². The molecule has 2 amide bonds. The van der Waals surface area contributed by atoms with Crippen LogP contribution in [-0.2, 0) is 20.9 Å². The van der Waals surface area contributed by atoms with E-state index in [-0.39, 0.29) is 18.4 Å². The van der Waals surface area contributed by atoms with Gasteiger partial charge in [0.15, 0.2) is 6.10 Å². The number of carbonyl (C=O) groups excluding carboxylic acids is 2. The Balaban J connectivity index is 1.69. The Morgan fingerprint density at radius 3 is 2.47 bits per heavy atom. The van der Waals surface area contributed by atoms with Crippen LogP contribution in [0, 0.1) is 0 Å². The standard InChI is InChI=1S/C25H30N2O5/c1-30-20-12-11-19(21(15-20)31-2)16-27-22(28)17-32-24(23(27)18-9-5-3-6-10-18)25(29)26-13-7-4-8-14-26/h3,5-6,9-12,15,23-24H,4,7-8,13-14,16-17H2,1-2H3/t23-,24+/m0/s1. The Morgan fingerprint density at radius 2 is 1.78 bits per heavy atom. The van der Waals surface area contributed by atoms with Crippen LogP contribution in [0.15, 0.2) is 48.5 Å². The Bertz CT molecular complexity index is 943. The van der Waals surface area contributed by atoms with Crippen molar-refractivity contribution in [2.24, 2.45) is 0 Å². The number of morpholine rings is 1. The lowest BCUT2D eigenvalue weighted by Crippen LogP contribution is -2.55. The molecule has 0 spiro atoms. The number of methoxy groups -OCH3 is 2. The summed E-state index contributed by atoms with van der Waals surface area (Å²) in [6.07, 6.45) is 2.40. The number of nitrogens with zero attached hydrogens (tertiary/aromatic N) is 2. The largest absolute Gasteiger partial charge is 0.497 e. The van der Waals surface area contributed by atoms with E-state index in [4.69, 9.17) is 14.2 Å². The van der Waals surface area contributed by atoms with Crippen LogP contribution in [0.3, 0.4) is 0 Å². The van der Waals surface area contributed by atoms with Gasteiger partial charge in [0.25, 0.3) is 5.91 Å². The van der Waals surface area contributed by atoms with E-state index in [1.54, 1.807) is 25.2 Å². The van der Waals surface area contributed by atoms with Crippen molar-refractivity contribution in [3.8, 4) is 11.5 Å². The molecule has 0 N–H and O–H groups in total. The van der Waals surface area contributed by atoms with Gasteiger partial charge in [-0.15, -0.1) is 0 Å². The van der Waals surface area contributed by atoms with Gasteiger partial charge in [-0.1, -0.05) is 30.3 Å². The van der Waals surface area contributed by atoms with Crippen LogP contribution in [0.25, 0.3) is 0 Å². The van der Waals surface area contributed by atoms with E-state index in [1.807, 2.05) is 47.4 Å². The molecule has 0 bridgehead atoms. The highest BCUT2D eigenvalue weighted by molar-refractivity contribution is 5.86. The number of likely N-dealkylation sites (tertiary alicyclic amines) is 1. The number of amides is 2. The lowest BCUT2D eigenvalue weighted by Gasteiger charge is -2.42. The van der Waals surface area contributed by atoms with E-state index in [0.717, 1.165) is 43.5 Å². The van der Waals surface area contributed by atoms with Crippen molar-refractivity contribution in [3.63, 3.8) is 0 Å². The van der Waals surface area contributed by atoms with Gasteiger partial charge in [0, 0.05) is 24.7 Å². The number of rotatable bonds is 6. The number of hydrogen-bond acceptors (Lipinski definition) is 5. The maximum absolute atomic E-state index is 13.5. The molecular formula is C25H30N2O5. The first-order valence-electron chi connectivity index (χ1n) is 11.1. The van der Waals surface area contributed by atoms with E-state index in [2.05, 4.69) is 0 Å². The molecule has 170 valence electrons. The van der Waals surface area contributed by atoms with Gasteiger partial charge in [0.2, 0.25) is 5.91 Å². The molecule has 0 saturated carbocycles. The highest BCUT2D eigenvalue weighted by atomic mass is 16.5. The predicted octanol–water partition coefficient (Wildman–Crippen LogP) is 3.19. The topological polar surface area (TPSA) is 68.3 Å². The number of ether oxygens (including phenoxy) is 3. The zero-order chi connectivity index (χ0) is 22.5. The maximum Gasteiger partial charge on any atom is 0.254 e. The van der Waals surface area contributed by atoms with Gasteiger partial charge in [-0.05, 0) is 37.0 Å². The van der Waals surface area contributed by atoms with E-state index in [0.29, 0.717) is 18.0 Å². The number of carbonyl (C=O) groups is 2. The van der Waals surface area contributed by atoms with E-state index < -0.39 is 12.1 Å². The minimum Gasteiger partial charge on any atom is -0.497 e. The average Bonchev–Trinajstić information content (AvgIpc) is 2.86. The molecule has 32 heavy (non-hydrogen) atoms. The van der Waals surface area contributed by atoms with Crippen molar-refractivity contribution in [3.05, 3.63) is 59.7 Å². The maximum atomic E-state index is 13.5. The molecule has 4 rings (SSSR count). The first kappa shape index (κ1) is 22.1. The van der Waals surface area contributed by atoms with Gasteiger partial charge < -0.3 is 24.0 Å². The predicted molar refractivity (Wildman–Crippen MR) is 119 cm³/mol. The average molecular weight is 439 g/mol. The van der Waals surface area contributed by atoms with Gasteiger partial charge in [0.05, 0.1) is 26.8 Å². The van der Waals surface area contributed by atoms with Crippen molar-refractivity contribution < 1.29 is 23.8 Å². The summed E-state index contributed by atoms with van der Waals surface area (Å²) in [6, 6.07) is 14.7. The summed E-state index contributed by atoms with van der Waals surface area (Å²) in [5, 5.41) is 0. The fourth-order valence-corrected chi connectivity index (χ4v) is 4.51. The molecule has 7 heteroatoms. The van der Waals surface area contributed by atoms with Crippen LogP contribution in [-0.4, -0.2) is 61.6 Å². The fourth-order valence-electron chi connectivity index (χ4n) is 4.51. The molecule has 2 aliphatic heterocycles. The summed E-state index contributed by atoms with van der Waals surface area (Å²) in [4.78, 5) is 30.2.